The van der Waals surface area contributed by atoms with Crippen molar-refractivity contribution in [2.45, 2.75) is 13.0 Å². The summed E-state index contributed by atoms with van der Waals surface area (Å²) in [7, 11) is 0. The Balaban J connectivity index is 0.00000210. The van der Waals surface area contributed by atoms with Gasteiger partial charge in [0.05, 0.1) is 12.6 Å². The smallest absolute Gasteiger partial charge is 0.273 e. The van der Waals surface area contributed by atoms with Crippen molar-refractivity contribution in [3.63, 3.8) is 0 Å². The van der Waals surface area contributed by atoms with Crippen LogP contribution in [0.25, 0.3) is 0 Å². The quantitative estimate of drug-likeness (QED) is 0.716. The molecular weight excluding hydrogens is 407 g/mol. The predicted molar refractivity (Wildman–Crippen MR) is 111 cm³/mol. The van der Waals surface area contributed by atoms with Crippen LogP contribution in [0.3, 0.4) is 0 Å². The van der Waals surface area contributed by atoms with E-state index in [-0.39, 0.29) is 24.1 Å². The van der Waals surface area contributed by atoms with E-state index in [1.807, 2.05) is 54.3 Å². The number of benzene rings is 2. The van der Waals surface area contributed by atoms with E-state index < -0.39 is 5.91 Å². The molecule has 4 rings (SSSR count). The second-order valence-corrected chi connectivity index (χ2v) is 7.04. The van der Waals surface area contributed by atoms with Crippen LogP contribution in [0.4, 0.5) is 5.69 Å². The SMILES string of the molecule is CC1=NC(C(N)=O)=C2CNC(c3ccccc3Cl)c3cc(Cl)ccc3[N+]12.Cl. The molecule has 2 heterocycles. The van der Waals surface area contributed by atoms with Gasteiger partial charge in [-0.2, -0.15) is 4.99 Å². The molecule has 3 N–H and O–H groups in total. The maximum Gasteiger partial charge on any atom is 0.273 e. The highest BCUT2D eigenvalue weighted by Crippen LogP contribution is 2.40. The van der Waals surface area contributed by atoms with Gasteiger partial charge in [0.15, 0.2) is 11.4 Å². The minimum Gasteiger partial charge on any atom is -0.364 e. The number of amidine groups is 1. The summed E-state index contributed by atoms with van der Waals surface area (Å²) in [6.07, 6.45) is 0. The Bertz CT molecular complexity index is 987. The monoisotopic (exact) mass is 422 g/mol. The Morgan fingerprint density at radius 3 is 2.67 bits per heavy atom. The summed E-state index contributed by atoms with van der Waals surface area (Å²) < 4.78 is 0. The van der Waals surface area contributed by atoms with Crippen molar-refractivity contribution in [1.82, 2.24) is 10.2 Å². The summed E-state index contributed by atoms with van der Waals surface area (Å²) in [6.45, 7) is 2.27. The minimum absolute atomic E-state index is 0. The van der Waals surface area contributed by atoms with Crippen molar-refractivity contribution >= 4 is 53.0 Å². The number of primary amides is 1. The third kappa shape index (κ3) is 3.37. The molecule has 0 spiro atoms. The molecule has 1 amide bonds. The number of fused-ring (bicyclic) bond motifs is 3. The number of carbonyl (C=O) groups is 1. The molecule has 0 saturated carbocycles. The maximum absolute atomic E-state index is 11.8. The number of carbonyl (C=O) groups excluding carboxylic acids is 1. The molecule has 1 atom stereocenters. The maximum atomic E-state index is 11.8. The fraction of sp³-hybridized carbons (Fsp3) is 0.158. The molecule has 0 aliphatic carbocycles. The highest BCUT2D eigenvalue weighted by molar-refractivity contribution is 6.31. The molecule has 2 aliphatic heterocycles. The standard InChI is InChI=1S/C19H16Cl2N4O.ClH/c1-10-24-18(19(22)26)16-9-23-17(12-4-2-3-5-14(12)21)13-8-11(20)6-7-15(13)25(10)16;/h2-8,17,23H,9H2,1H3,(H2,22,26);1H/q+1;. The zero-order valence-electron chi connectivity index (χ0n) is 14.4. The molecule has 0 bridgehead atoms. The zero-order chi connectivity index (χ0) is 18.4. The number of hydrogen-bond donors (Lipinski definition) is 2. The van der Waals surface area contributed by atoms with E-state index in [1.165, 1.54) is 0 Å². The molecule has 0 saturated heterocycles. The Kier molecular flexibility index (Phi) is 5.60. The molecule has 2 aromatic rings. The van der Waals surface area contributed by atoms with Crippen molar-refractivity contribution in [2.24, 2.45) is 10.7 Å². The van der Waals surface area contributed by atoms with E-state index in [1.54, 1.807) is 0 Å². The molecule has 8 heteroatoms. The number of nitrogens with zero attached hydrogens (tertiary/aromatic N) is 2. The van der Waals surface area contributed by atoms with E-state index in [4.69, 9.17) is 28.9 Å². The van der Waals surface area contributed by atoms with Crippen molar-refractivity contribution < 1.29 is 4.79 Å². The average Bonchev–Trinajstić information content (AvgIpc) is 2.84. The van der Waals surface area contributed by atoms with Crippen molar-refractivity contribution in [1.29, 1.82) is 0 Å². The fourth-order valence-corrected chi connectivity index (χ4v) is 3.94. The number of nitrogens with two attached hydrogens (primary N) is 1. The minimum atomic E-state index is -0.546. The molecule has 1 unspecified atom stereocenters. The van der Waals surface area contributed by atoms with Gasteiger partial charge in [-0.05, 0) is 28.7 Å². The van der Waals surface area contributed by atoms with E-state index in [2.05, 4.69) is 10.3 Å². The third-order valence-corrected chi connectivity index (χ3v) is 5.18. The van der Waals surface area contributed by atoms with Gasteiger partial charge in [0.25, 0.3) is 11.7 Å². The van der Waals surface area contributed by atoms with Crippen LogP contribution in [0.2, 0.25) is 10.0 Å². The van der Waals surface area contributed by atoms with Crippen LogP contribution in [-0.2, 0) is 4.79 Å². The van der Waals surface area contributed by atoms with Crippen LogP contribution in [0.1, 0.15) is 24.1 Å². The topological polar surface area (TPSA) is 73.4 Å². The molecule has 5 nitrogen and oxygen atoms in total. The molecule has 27 heavy (non-hydrogen) atoms. The summed E-state index contributed by atoms with van der Waals surface area (Å²) in [4.78, 5) is 18.2. The summed E-state index contributed by atoms with van der Waals surface area (Å²) in [5.41, 5.74) is 9.33. The molecule has 139 valence electrons. The number of rotatable bonds is 2. The number of nitrogens with one attached hydrogen (secondary N) is 1. The third-order valence-electron chi connectivity index (χ3n) is 4.61. The lowest BCUT2D eigenvalue weighted by Crippen LogP contribution is -2.30. The van der Waals surface area contributed by atoms with Crippen LogP contribution < -0.4 is 16.0 Å². The lowest BCUT2D eigenvalue weighted by molar-refractivity contribution is -0.114. The molecule has 0 fully saturated rings. The second-order valence-electron chi connectivity index (χ2n) is 6.19. The van der Waals surface area contributed by atoms with Crippen LogP contribution in [0.5, 0.6) is 0 Å². The van der Waals surface area contributed by atoms with E-state index in [0.29, 0.717) is 22.4 Å². The highest BCUT2D eigenvalue weighted by Gasteiger charge is 2.44. The van der Waals surface area contributed by atoms with Gasteiger partial charge in [-0.1, -0.05) is 41.4 Å². The number of hydrogen-bond acceptors (Lipinski definition) is 4. The first-order valence-electron chi connectivity index (χ1n) is 8.13. The summed E-state index contributed by atoms with van der Waals surface area (Å²) in [6, 6.07) is 13.2. The van der Waals surface area contributed by atoms with E-state index in [0.717, 1.165) is 22.5 Å². The summed E-state index contributed by atoms with van der Waals surface area (Å²) in [5, 5.41) is 4.76. The number of aliphatic imine (C=N–C) groups is 1. The lowest BCUT2D eigenvalue weighted by atomic mass is 9.97. The highest BCUT2D eigenvalue weighted by atomic mass is 35.5. The summed E-state index contributed by atoms with van der Waals surface area (Å²) >= 11 is 12.7. The Morgan fingerprint density at radius 2 is 1.96 bits per heavy atom. The number of halogens is 3. The first-order valence-corrected chi connectivity index (χ1v) is 8.88. The molecule has 2 aromatic carbocycles. The lowest BCUT2D eigenvalue weighted by Gasteiger charge is -2.18. The van der Waals surface area contributed by atoms with Crippen molar-refractivity contribution in [3.8, 4) is 0 Å². The first kappa shape index (κ1) is 19.9. The van der Waals surface area contributed by atoms with E-state index >= 15 is 0 Å². The molecule has 1 radical (unpaired) electrons. The Hall–Kier alpha value is -1.89. The Morgan fingerprint density at radius 1 is 1.22 bits per heavy atom. The van der Waals surface area contributed by atoms with Gasteiger partial charge < -0.3 is 5.73 Å². The fourth-order valence-electron chi connectivity index (χ4n) is 3.51. The van der Waals surface area contributed by atoms with E-state index in [9.17, 15) is 4.79 Å². The van der Waals surface area contributed by atoms with Gasteiger partial charge in [-0.15, -0.1) is 12.4 Å². The largest absolute Gasteiger partial charge is 0.364 e. The zero-order valence-corrected chi connectivity index (χ0v) is 16.7. The predicted octanol–water partition coefficient (Wildman–Crippen LogP) is 4.01. The van der Waals surface area contributed by atoms with Crippen LogP contribution in [0, 0.1) is 0 Å². The van der Waals surface area contributed by atoms with Gasteiger partial charge in [0.2, 0.25) is 5.70 Å². The number of anilines is 1. The number of amides is 1. The van der Waals surface area contributed by atoms with Gasteiger partial charge >= 0.3 is 0 Å². The first-order chi connectivity index (χ1) is 12.5. The van der Waals surface area contributed by atoms with Crippen molar-refractivity contribution in [3.05, 3.63) is 75.0 Å². The second kappa shape index (κ2) is 7.62. The average molecular weight is 424 g/mol. The van der Waals surface area contributed by atoms with Crippen LogP contribution in [-0.4, -0.2) is 18.3 Å². The van der Waals surface area contributed by atoms with Crippen LogP contribution in [0.15, 0.2) is 58.9 Å². The van der Waals surface area contributed by atoms with Gasteiger partial charge in [0.1, 0.15) is 0 Å². The molecule has 2 aliphatic rings. The van der Waals surface area contributed by atoms with Gasteiger partial charge in [-0.3, -0.25) is 10.1 Å². The van der Waals surface area contributed by atoms with Gasteiger partial charge in [-0.25, -0.2) is 0 Å². The molecule has 0 aromatic heterocycles. The van der Waals surface area contributed by atoms with Gasteiger partial charge in [0, 0.05) is 28.6 Å². The normalized spacial score (nSPS) is 18.9. The van der Waals surface area contributed by atoms with Crippen molar-refractivity contribution in [2.75, 3.05) is 6.54 Å². The Labute approximate surface area is 173 Å². The molecular formula is C19H17Cl3N4O+. The summed E-state index contributed by atoms with van der Waals surface area (Å²) in [5.74, 6) is 0.148. The van der Waals surface area contributed by atoms with Crippen LogP contribution >= 0.6 is 35.6 Å².